The third-order valence-corrected chi connectivity index (χ3v) is 3.68. The first-order valence-corrected chi connectivity index (χ1v) is 7.50. The van der Waals surface area contributed by atoms with Crippen molar-refractivity contribution < 1.29 is 13.9 Å². The minimum atomic E-state index is -0.149. The molecule has 21 heavy (non-hydrogen) atoms. The number of nitrogens with one attached hydrogen (secondary N) is 1. The summed E-state index contributed by atoms with van der Waals surface area (Å²) in [5.74, 6) is -0.149. The van der Waals surface area contributed by atoms with E-state index < -0.39 is 0 Å². The quantitative estimate of drug-likeness (QED) is 0.671. The van der Waals surface area contributed by atoms with Crippen molar-refractivity contribution in [1.29, 1.82) is 0 Å². The molecule has 0 aromatic heterocycles. The van der Waals surface area contributed by atoms with Crippen LogP contribution in [0.2, 0.25) is 0 Å². The summed E-state index contributed by atoms with van der Waals surface area (Å²) in [6, 6.07) is 5.75. The Balaban J connectivity index is 2.10. The predicted molar refractivity (Wildman–Crippen MR) is 82.2 cm³/mol. The van der Waals surface area contributed by atoms with E-state index in [9.17, 15) is 4.39 Å². The van der Waals surface area contributed by atoms with E-state index in [-0.39, 0.29) is 5.82 Å². The third kappa shape index (κ3) is 4.66. The van der Waals surface area contributed by atoms with Crippen LogP contribution in [0.15, 0.2) is 18.2 Å². The van der Waals surface area contributed by atoms with E-state index in [0.29, 0.717) is 25.8 Å². The molecule has 0 aliphatic heterocycles. The molecule has 1 saturated carbocycles. The van der Waals surface area contributed by atoms with Crippen LogP contribution in [0.4, 0.5) is 10.1 Å². The lowest BCUT2D eigenvalue weighted by molar-refractivity contribution is 0.199. The van der Waals surface area contributed by atoms with E-state index >= 15 is 0 Å². The molecule has 1 aliphatic carbocycles. The largest absolute Gasteiger partial charge is 0.383 e. The van der Waals surface area contributed by atoms with Crippen LogP contribution >= 0.6 is 0 Å². The van der Waals surface area contributed by atoms with Crippen LogP contribution < -0.4 is 10.2 Å². The molecule has 0 saturated heterocycles. The highest BCUT2D eigenvalue weighted by Crippen LogP contribution is 2.35. The number of benzene rings is 1. The molecule has 4 nitrogen and oxygen atoms in total. The summed E-state index contributed by atoms with van der Waals surface area (Å²) in [4.78, 5) is 2.16. The number of anilines is 1. The van der Waals surface area contributed by atoms with Crippen molar-refractivity contribution in [2.24, 2.45) is 0 Å². The number of nitrogens with zero attached hydrogens (tertiary/aromatic N) is 1. The van der Waals surface area contributed by atoms with Crippen LogP contribution in [0.3, 0.4) is 0 Å². The second-order valence-electron chi connectivity index (χ2n) is 5.33. The van der Waals surface area contributed by atoms with Gasteiger partial charge in [-0.2, -0.15) is 0 Å². The van der Waals surface area contributed by atoms with Crippen LogP contribution in [0.1, 0.15) is 18.4 Å². The normalized spacial score (nSPS) is 14.4. The zero-order chi connectivity index (χ0) is 15.1. The first-order valence-electron chi connectivity index (χ1n) is 7.50. The maximum Gasteiger partial charge on any atom is 0.146 e. The molecular weight excluding hydrogens is 271 g/mol. The topological polar surface area (TPSA) is 33.7 Å². The molecule has 0 atom stereocenters. The number of para-hydroxylation sites is 1. The second-order valence-corrected chi connectivity index (χ2v) is 5.33. The lowest BCUT2D eigenvalue weighted by atomic mass is 10.1. The molecule has 1 fully saturated rings. The standard InChI is InChI=1S/C16H25FN2O2/c1-20-10-8-18-12-13-4-3-5-15(17)16(13)19(9-11-21-2)14-6-7-14/h3-5,14,18H,6-12H2,1-2H3. The summed E-state index contributed by atoms with van der Waals surface area (Å²) < 4.78 is 24.5. The fourth-order valence-corrected chi connectivity index (χ4v) is 2.47. The van der Waals surface area contributed by atoms with Crippen molar-refractivity contribution in [2.45, 2.75) is 25.4 Å². The van der Waals surface area contributed by atoms with Crippen molar-refractivity contribution in [2.75, 3.05) is 45.4 Å². The zero-order valence-electron chi connectivity index (χ0n) is 12.9. The molecular formula is C16H25FN2O2. The van der Waals surface area contributed by atoms with Crippen molar-refractivity contribution in [1.82, 2.24) is 5.32 Å². The summed E-state index contributed by atoms with van der Waals surface area (Å²) in [5, 5.41) is 3.29. The number of rotatable bonds is 10. The molecule has 0 radical (unpaired) electrons. The Morgan fingerprint density at radius 2 is 2.00 bits per heavy atom. The maximum atomic E-state index is 14.4. The molecule has 0 amide bonds. The van der Waals surface area contributed by atoms with Gasteiger partial charge in [0.25, 0.3) is 0 Å². The molecule has 118 valence electrons. The molecule has 0 spiro atoms. The van der Waals surface area contributed by atoms with E-state index in [1.807, 2.05) is 6.07 Å². The van der Waals surface area contributed by atoms with Gasteiger partial charge in [-0.05, 0) is 24.5 Å². The van der Waals surface area contributed by atoms with E-state index in [2.05, 4.69) is 10.2 Å². The highest BCUT2D eigenvalue weighted by atomic mass is 19.1. The van der Waals surface area contributed by atoms with Crippen molar-refractivity contribution in [3.8, 4) is 0 Å². The number of hydrogen-bond donors (Lipinski definition) is 1. The fourth-order valence-electron chi connectivity index (χ4n) is 2.47. The Bertz CT molecular complexity index is 438. The van der Waals surface area contributed by atoms with Crippen LogP contribution in [0.25, 0.3) is 0 Å². The lowest BCUT2D eigenvalue weighted by Gasteiger charge is -2.27. The van der Waals surface area contributed by atoms with Crippen molar-refractivity contribution >= 4 is 5.69 Å². The van der Waals surface area contributed by atoms with Gasteiger partial charge in [-0.1, -0.05) is 12.1 Å². The Kier molecular flexibility index (Phi) is 6.42. The molecule has 2 rings (SSSR count). The monoisotopic (exact) mass is 296 g/mol. The average molecular weight is 296 g/mol. The van der Waals surface area contributed by atoms with E-state index in [0.717, 1.165) is 37.2 Å². The Morgan fingerprint density at radius 1 is 1.24 bits per heavy atom. The molecule has 1 aromatic rings. The summed E-state index contributed by atoms with van der Waals surface area (Å²) in [6.07, 6.45) is 2.27. The van der Waals surface area contributed by atoms with Crippen LogP contribution in [-0.2, 0) is 16.0 Å². The lowest BCUT2D eigenvalue weighted by Crippen LogP contribution is -2.32. The molecule has 0 unspecified atom stereocenters. The van der Waals surface area contributed by atoms with Gasteiger partial charge in [-0.3, -0.25) is 0 Å². The van der Waals surface area contributed by atoms with E-state index in [1.165, 1.54) is 6.07 Å². The smallest absolute Gasteiger partial charge is 0.146 e. The predicted octanol–water partition coefficient (Wildman–Crippen LogP) is 2.18. The SMILES string of the molecule is COCCNCc1cccc(F)c1N(CCOC)C1CC1. The van der Waals surface area contributed by atoms with Gasteiger partial charge >= 0.3 is 0 Å². The van der Waals surface area contributed by atoms with Gasteiger partial charge in [0.15, 0.2) is 0 Å². The van der Waals surface area contributed by atoms with E-state index in [4.69, 9.17) is 9.47 Å². The first kappa shape index (κ1) is 16.2. The minimum absolute atomic E-state index is 0.149. The fraction of sp³-hybridized carbons (Fsp3) is 0.625. The molecule has 1 aromatic carbocycles. The highest BCUT2D eigenvalue weighted by molar-refractivity contribution is 5.56. The van der Waals surface area contributed by atoms with Crippen LogP contribution in [0, 0.1) is 5.82 Å². The van der Waals surface area contributed by atoms with Crippen LogP contribution in [-0.4, -0.2) is 46.6 Å². The second kappa shape index (κ2) is 8.32. The number of ether oxygens (including phenoxy) is 2. The molecule has 1 aliphatic rings. The van der Waals surface area contributed by atoms with Crippen molar-refractivity contribution in [3.05, 3.63) is 29.6 Å². The number of methoxy groups -OCH3 is 2. The summed E-state index contributed by atoms with van der Waals surface area (Å²) in [6.45, 7) is 3.40. The first-order chi connectivity index (χ1) is 10.3. The van der Waals surface area contributed by atoms with Gasteiger partial charge in [0.1, 0.15) is 5.82 Å². The van der Waals surface area contributed by atoms with Crippen molar-refractivity contribution in [3.63, 3.8) is 0 Å². The average Bonchev–Trinajstić information content (AvgIpc) is 3.31. The third-order valence-electron chi connectivity index (χ3n) is 3.68. The minimum Gasteiger partial charge on any atom is -0.383 e. The van der Waals surface area contributed by atoms with Gasteiger partial charge in [0.05, 0.1) is 18.9 Å². The van der Waals surface area contributed by atoms with E-state index in [1.54, 1.807) is 20.3 Å². The molecule has 1 N–H and O–H groups in total. The molecule has 0 heterocycles. The van der Waals surface area contributed by atoms with Gasteiger partial charge in [-0.15, -0.1) is 0 Å². The maximum absolute atomic E-state index is 14.4. The summed E-state index contributed by atoms with van der Waals surface area (Å²) >= 11 is 0. The number of halogens is 1. The Morgan fingerprint density at radius 3 is 2.67 bits per heavy atom. The van der Waals surface area contributed by atoms with Gasteiger partial charge in [0.2, 0.25) is 0 Å². The van der Waals surface area contributed by atoms with Gasteiger partial charge < -0.3 is 19.7 Å². The molecule has 5 heteroatoms. The van der Waals surface area contributed by atoms with Gasteiger partial charge in [-0.25, -0.2) is 4.39 Å². The number of hydrogen-bond acceptors (Lipinski definition) is 4. The zero-order valence-corrected chi connectivity index (χ0v) is 12.9. The van der Waals surface area contributed by atoms with Gasteiger partial charge in [0, 0.05) is 39.9 Å². The summed E-state index contributed by atoms with van der Waals surface area (Å²) in [7, 11) is 3.36. The summed E-state index contributed by atoms with van der Waals surface area (Å²) in [5.41, 5.74) is 1.72. The Hall–Kier alpha value is -1.17. The Labute approximate surface area is 126 Å². The highest BCUT2D eigenvalue weighted by Gasteiger charge is 2.31. The van der Waals surface area contributed by atoms with Crippen LogP contribution in [0.5, 0.6) is 0 Å². The molecule has 0 bridgehead atoms.